The molecule has 0 fully saturated rings. The molecule has 1 unspecified atom stereocenters. The maximum atomic E-state index is 14.2. The van der Waals surface area contributed by atoms with E-state index in [-0.39, 0.29) is 5.56 Å². The molecule has 0 radical (unpaired) electrons. The van der Waals surface area contributed by atoms with Gasteiger partial charge in [0.25, 0.3) is 0 Å². The van der Waals surface area contributed by atoms with E-state index in [4.69, 9.17) is 9.68 Å². The summed E-state index contributed by atoms with van der Waals surface area (Å²) in [6.45, 7) is 0. The Kier molecular flexibility index (Phi) is 3.05. The molecular weight excluding hydrogens is 257 g/mol. The highest BCUT2D eigenvalue weighted by Crippen LogP contribution is 2.29. The van der Waals surface area contributed by atoms with Crippen LogP contribution in [0.25, 0.3) is 0 Å². The number of imidazole rings is 1. The van der Waals surface area contributed by atoms with Gasteiger partial charge in [-0.1, -0.05) is 6.07 Å². The van der Waals surface area contributed by atoms with Crippen molar-refractivity contribution < 1.29 is 8.81 Å². The Balaban J connectivity index is 2.14. The minimum Gasteiger partial charge on any atom is -0.467 e. The van der Waals surface area contributed by atoms with E-state index in [1.54, 1.807) is 53.8 Å². The van der Waals surface area contributed by atoms with Gasteiger partial charge in [-0.05, 0) is 24.3 Å². The third-order valence-electron chi connectivity index (χ3n) is 3.06. The van der Waals surface area contributed by atoms with Crippen molar-refractivity contribution in [2.45, 2.75) is 6.04 Å². The summed E-state index contributed by atoms with van der Waals surface area (Å²) in [5.41, 5.74) is 0.715. The summed E-state index contributed by atoms with van der Waals surface area (Å²) in [7, 11) is 0. The summed E-state index contributed by atoms with van der Waals surface area (Å²) in [4.78, 5) is 3.99. The van der Waals surface area contributed by atoms with Crippen molar-refractivity contribution >= 4 is 0 Å². The van der Waals surface area contributed by atoms with Crippen LogP contribution in [0, 0.1) is 17.1 Å². The SMILES string of the molecule is N#Cc1ccc(C(c2ccco2)n2ccnc2)c(F)c1. The lowest BCUT2D eigenvalue weighted by Crippen LogP contribution is -2.11. The molecule has 2 aromatic heterocycles. The Morgan fingerprint density at radius 3 is 2.85 bits per heavy atom. The largest absolute Gasteiger partial charge is 0.467 e. The quantitative estimate of drug-likeness (QED) is 0.732. The molecule has 0 saturated carbocycles. The smallest absolute Gasteiger partial charge is 0.131 e. The second-order valence-electron chi connectivity index (χ2n) is 4.28. The number of benzene rings is 1. The zero-order valence-electron chi connectivity index (χ0n) is 10.4. The monoisotopic (exact) mass is 267 g/mol. The molecule has 2 heterocycles. The lowest BCUT2D eigenvalue weighted by atomic mass is 10.0. The fraction of sp³-hybridized carbons (Fsp3) is 0.0667. The second kappa shape index (κ2) is 5.02. The molecule has 0 bridgehead atoms. The van der Waals surface area contributed by atoms with Crippen LogP contribution in [0.2, 0.25) is 0 Å². The molecule has 1 atom stereocenters. The number of rotatable bonds is 3. The predicted octanol–water partition coefficient (Wildman–Crippen LogP) is 3.12. The van der Waals surface area contributed by atoms with Gasteiger partial charge in [-0.15, -0.1) is 0 Å². The van der Waals surface area contributed by atoms with Gasteiger partial charge >= 0.3 is 0 Å². The molecule has 98 valence electrons. The second-order valence-corrected chi connectivity index (χ2v) is 4.28. The molecule has 0 aliphatic rings. The summed E-state index contributed by atoms with van der Waals surface area (Å²) < 4.78 is 21.4. The number of nitrogens with zero attached hydrogens (tertiary/aromatic N) is 3. The number of aromatic nitrogens is 2. The first-order chi connectivity index (χ1) is 9.79. The van der Waals surface area contributed by atoms with E-state index in [2.05, 4.69) is 4.98 Å². The molecule has 0 aliphatic heterocycles. The van der Waals surface area contributed by atoms with Crippen LogP contribution in [0.15, 0.2) is 59.7 Å². The summed E-state index contributed by atoms with van der Waals surface area (Å²) in [5, 5.41) is 8.81. The number of hydrogen-bond donors (Lipinski definition) is 0. The van der Waals surface area contributed by atoms with Gasteiger partial charge < -0.3 is 8.98 Å². The zero-order valence-corrected chi connectivity index (χ0v) is 10.4. The van der Waals surface area contributed by atoms with Crippen LogP contribution in [0.1, 0.15) is 22.9 Å². The Morgan fingerprint density at radius 2 is 2.25 bits per heavy atom. The average molecular weight is 267 g/mol. The maximum Gasteiger partial charge on any atom is 0.131 e. The topological polar surface area (TPSA) is 54.8 Å². The first kappa shape index (κ1) is 12.2. The molecule has 0 aliphatic carbocycles. The van der Waals surface area contributed by atoms with E-state index >= 15 is 0 Å². The molecule has 4 nitrogen and oxygen atoms in total. The Labute approximate surface area is 114 Å². The van der Waals surface area contributed by atoms with E-state index in [9.17, 15) is 4.39 Å². The van der Waals surface area contributed by atoms with Gasteiger partial charge in [0.2, 0.25) is 0 Å². The van der Waals surface area contributed by atoms with Crippen LogP contribution in [0.5, 0.6) is 0 Å². The van der Waals surface area contributed by atoms with E-state index in [1.165, 1.54) is 6.07 Å². The van der Waals surface area contributed by atoms with Gasteiger partial charge in [-0.3, -0.25) is 0 Å². The van der Waals surface area contributed by atoms with Crippen LogP contribution in [-0.2, 0) is 0 Å². The summed E-state index contributed by atoms with van der Waals surface area (Å²) in [5.74, 6) is 0.158. The Bertz CT molecular complexity index is 708. The lowest BCUT2D eigenvalue weighted by Gasteiger charge is -2.17. The number of nitriles is 1. The molecular formula is C15H10FN3O. The van der Waals surface area contributed by atoms with Gasteiger partial charge in [0, 0.05) is 18.0 Å². The molecule has 1 aromatic carbocycles. The number of furan rings is 1. The third-order valence-corrected chi connectivity index (χ3v) is 3.06. The summed E-state index contributed by atoms with van der Waals surface area (Å²) in [6.07, 6.45) is 6.51. The molecule has 5 heteroatoms. The molecule has 3 aromatic rings. The van der Waals surface area contributed by atoms with E-state index in [0.717, 1.165) is 0 Å². The number of hydrogen-bond acceptors (Lipinski definition) is 3. The highest BCUT2D eigenvalue weighted by atomic mass is 19.1. The molecule has 0 amide bonds. The maximum absolute atomic E-state index is 14.2. The van der Waals surface area contributed by atoms with Crippen LogP contribution >= 0.6 is 0 Å². The first-order valence-electron chi connectivity index (χ1n) is 6.00. The van der Waals surface area contributed by atoms with E-state index < -0.39 is 11.9 Å². The van der Waals surface area contributed by atoms with Crippen LogP contribution < -0.4 is 0 Å². The van der Waals surface area contributed by atoms with Crippen LogP contribution in [0.4, 0.5) is 4.39 Å². The van der Waals surface area contributed by atoms with Gasteiger partial charge in [-0.2, -0.15) is 5.26 Å². The standard InChI is InChI=1S/C15H10FN3O/c16-13-8-11(9-17)3-4-12(13)15(14-2-1-7-20-14)19-6-5-18-10-19/h1-8,10,15H. The molecule has 0 spiro atoms. The fourth-order valence-corrected chi connectivity index (χ4v) is 2.15. The minimum atomic E-state index is -0.445. The Hall–Kier alpha value is -2.87. The van der Waals surface area contributed by atoms with Gasteiger partial charge in [0.1, 0.15) is 17.6 Å². The lowest BCUT2D eigenvalue weighted by molar-refractivity contribution is 0.449. The van der Waals surface area contributed by atoms with E-state index in [0.29, 0.717) is 11.3 Å². The van der Waals surface area contributed by atoms with Crippen molar-refractivity contribution in [1.29, 1.82) is 5.26 Å². The number of halogens is 1. The minimum absolute atomic E-state index is 0.287. The highest BCUT2D eigenvalue weighted by molar-refractivity contribution is 5.37. The van der Waals surface area contributed by atoms with Gasteiger partial charge in [-0.25, -0.2) is 9.37 Å². The molecule has 0 N–H and O–H groups in total. The van der Waals surface area contributed by atoms with Crippen molar-refractivity contribution in [2.24, 2.45) is 0 Å². The van der Waals surface area contributed by atoms with Crippen molar-refractivity contribution in [3.05, 3.63) is 78.0 Å². The van der Waals surface area contributed by atoms with Crippen molar-refractivity contribution in [3.8, 4) is 6.07 Å². The molecule has 20 heavy (non-hydrogen) atoms. The molecule has 0 saturated heterocycles. The van der Waals surface area contributed by atoms with Crippen molar-refractivity contribution in [3.63, 3.8) is 0 Å². The van der Waals surface area contributed by atoms with Gasteiger partial charge in [0.05, 0.1) is 24.2 Å². The first-order valence-corrected chi connectivity index (χ1v) is 6.00. The van der Waals surface area contributed by atoms with E-state index in [1.807, 2.05) is 6.07 Å². The van der Waals surface area contributed by atoms with Gasteiger partial charge in [0.15, 0.2) is 0 Å². The average Bonchev–Trinajstić information content (AvgIpc) is 3.14. The summed E-state index contributed by atoms with van der Waals surface area (Å²) in [6, 6.07) is 9.42. The highest BCUT2D eigenvalue weighted by Gasteiger charge is 2.22. The third kappa shape index (κ3) is 2.08. The fourth-order valence-electron chi connectivity index (χ4n) is 2.15. The van der Waals surface area contributed by atoms with Crippen molar-refractivity contribution in [2.75, 3.05) is 0 Å². The Morgan fingerprint density at radius 1 is 1.35 bits per heavy atom. The van der Waals surface area contributed by atoms with Crippen LogP contribution in [-0.4, -0.2) is 9.55 Å². The molecule has 3 rings (SSSR count). The predicted molar refractivity (Wildman–Crippen MR) is 69.3 cm³/mol. The summed E-state index contributed by atoms with van der Waals surface area (Å²) >= 11 is 0. The normalized spacial score (nSPS) is 12.0. The van der Waals surface area contributed by atoms with Crippen molar-refractivity contribution in [1.82, 2.24) is 9.55 Å². The van der Waals surface area contributed by atoms with Crippen LogP contribution in [0.3, 0.4) is 0 Å². The zero-order chi connectivity index (χ0) is 13.9.